The monoisotopic (exact) mass is 334 g/mol. The highest BCUT2D eigenvalue weighted by atomic mass is 35.5. The van der Waals surface area contributed by atoms with Gasteiger partial charge < -0.3 is 11.1 Å². The first-order valence-corrected chi connectivity index (χ1v) is 8.07. The minimum Gasteiger partial charge on any atom is -0.352 e. The first kappa shape index (κ1) is 17.5. The molecule has 0 saturated heterocycles. The lowest BCUT2D eigenvalue weighted by Gasteiger charge is -2.10. The van der Waals surface area contributed by atoms with E-state index in [1.54, 1.807) is 0 Å². The largest absolute Gasteiger partial charge is 0.352 e. The highest BCUT2D eigenvalue weighted by Gasteiger charge is 2.19. The van der Waals surface area contributed by atoms with Gasteiger partial charge in [-0.25, -0.2) is 0 Å². The molecule has 6 heteroatoms. The predicted molar refractivity (Wildman–Crippen MR) is 92.8 cm³/mol. The zero-order valence-electron chi connectivity index (χ0n) is 13.8. The molecule has 0 radical (unpaired) electrons. The Morgan fingerprint density at radius 3 is 2.74 bits per heavy atom. The van der Waals surface area contributed by atoms with Crippen LogP contribution in [0.2, 0.25) is 5.02 Å². The molecular formula is C17H23ClN4O. The van der Waals surface area contributed by atoms with Gasteiger partial charge in [0, 0.05) is 17.3 Å². The quantitative estimate of drug-likeness (QED) is 0.852. The van der Waals surface area contributed by atoms with Crippen LogP contribution in [-0.4, -0.2) is 28.8 Å². The van der Waals surface area contributed by atoms with E-state index in [9.17, 15) is 4.79 Å². The molecule has 0 spiro atoms. The van der Waals surface area contributed by atoms with E-state index >= 15 is 0 Å². The lowest BCUT2D eigenvalue weighted by Crippen LogP contribution is -2.31. The maximum atomic E-state index is 12.4. The molecule has 1 heterocycles. The van der Waals surface area contributed by atoms with E-state index in [0.717, 1.165) is 11.3 Å². The Balaban J connectivity index is 2.19. The first-order valence-electron chi connectivity index (χ1n) is 7.69. The van der Waals surface area contributed by atoms with Crippen molar-refractivity contribution in [1.29, 1.82) is 0 Å². The van der Waals surface area contributed by atoms with E-state index in [1.807, 2.05) is 49.7 Å². The highest BCUT2D eigenvalue weighted by Crippen LogP contribution is 2.19. The van der Waals surface area contributed by atoms with Crippen LogP contribution in [0.5, 0.6) is 0 Å². The fourth-order valence-corrected chi connectivity index (χ4v) is 2.60. The normalized spacial score (nSPS) is 12.2. The summed E-state index contributed by atoms with van der Waals surface area (Å²) in [4.78, 5) is 12.4. The number of amides is 1. The number of aryl methyl sites for hydroxylation is 1. The molecule has 124 valence electrons. The van der Waals surface area contributed by atoms with Crippen molar-refractivity contribution < 1.29 is 4.79 Å². The van der Waals surface area contributed by atoms with E-state index < -0.39 is 0 Å². The van der Waals surface area contributed by atoms with E-state index in [4.69, 9.17) is 17.3 Å². The average Bonchev–Trinajstić information content (AvgIpc) is 2.81. The molecular weight excluding hydrogens is 312 g/mol. The number of benzene rings is 1. The fraction of sp³-hybridized carbons (Fsp3) is 0.412. The number of carbonyl (C=O) groups excluding carboxylic acids is 1. The Hall–Kier alpha value is -1.85. The van der Waals surface area contributed by atoms with Crippen molar-refractivity contribution in [2.75, 3.05) is 13.1 Å². The van der Waals surface area contributed by atoms with Crippen LogP contribution in [-0.2, 0) is 6.54 Å². The van der Waals surface area contributed by atoms with Crippen LogP contribution in [0.1, 0.15) is 34.2 Å². The van der Waals surface area contributed by atoms with E-state index in [0.29, 0.717) is 35.9 Å². The molecule has 0 bridgehead atoms. The molecule has 1 unspecified atom stereocenters. The number of nitrogens with zero attached hydrogens (tertiary/aromatic N) is 2. The molecule has 1 amide bonds. The maximum absolute atomic E-state index is 12.4. The molecule has 0 aliphatic heterocycles. The summed E-state index contributed by atoms with van der Waals surface area (Å²) >= 11 is 6.20. The van der Waals surface area contributed by atoms with Crippen LogP contribution in [0.25, 0.3) is 0 Å². The number of hydrogen-bond acceptors (Lipinski definition) is 3. The van der Waals surface area contributed by atoms with Crippen molar-refractivity contribution in [1.82, 2.24) is 15.1 Å². The zero-order valence-corrected chi connectivity index (χ0v) is 14.5. The van der Waals surface area contributed by atoms with Crippen LogP contribution < -0.4 is 11.1 Å². The third-order valence-electron chi connectivity index (χ3n) is 3.90. The minimum absolute atomic E-state index is 0.106. The van der Waals surface area contributed by atoms with Gasteiger partial charge in [-0.15, -0.1) is 0 Å². The Kier molecular flexibility index (Phi) is 5.80. The number of carbonyl (C=O) groups is 1. The third-order valence-corrected chi connectivity index (χ3v) is 4.27. The molecule has 2 aromatic rings. The Morgan fingerprint density at radius 2 is 2.09 bits per heavy atom. The van der Waals surface area contributed by atoms with Crippen LogP contribution >= 0.6 is 11.6 Å². The summed E-state index contributed by atoms with van der Waals surface area (Å²) in [5.74, 6) is 0.142. The summed E-state index contributed by atoms with van der Waals surface area (Å²) in [7, 11) is 0. The van der Waals surface area contributed by atoms with Crippen LogP contribution in [0, 0.1) is 19.8 Å². The highest BCUT2D eigenvalue weighted by molar-refractivity contribution is 6.31. The molecule has 2 rings (SSSR count). The Bertz CT molecular complexity index is 696. The Morgan fingerprint density at radius 1 is 1.39 bits per heavy atom. The molecule has 1 aromatic carbocycles. The molecule has 0 aliphatic rings. The van der Waals surface area contributed by atoms with E-state index in [-0.39, 0.29) is 11.8 Å². The number of nitrogens with one attached hydrogen (secondary N) is 1. The van der Waals surface area contributed by atoms with Gasteiger partial charge in [-0.3, -0.25) is 9.48 Å². The molecule has 3 N–H and O–H groups in total. The van der Waals surface area contributed by atoms with Crippen molar-refractivity contribution in [2.45, 2.75) is 27.3 Å². The van der Waals surface area contributed by atoms with Gasteiger partial charge in [0.1, 0.15) is 0 Å². The first-order chi connectivity index (χ1) is 10.9. The van der Waals surface area contributed by atoms with Crippen molar-refractivity contribution in [3.63, 3.8) is 0 Å². The van der Waals surface area contributed by atoms with E-state index in [2.05, 4.69) is 10.4 Å². The van der Waals surface area contributed by atoms with Crippen LogP contribution in [0.15, 0.2) is 24.3 Å². The van der Waals surface area contributed by atoms with Gasteiger partial charge in [0.2, 0.25) is 0 Å². The van der Waals surface area contributed by atoms with E-state index in [1.165, 1.54) is 0 Å². The molecule has 5 nitrogen and oxygen atoms in total. The fourth-order valence-electron chi connectivity index (χ4n) is 2.41. The van der Waals surface area contributed by atoms with Crippen molar-refractivity contribution >= 4 is 17.5 Å². The van der Waals surface area contributed by atoms with Crippen molar-refractivity contribution in [2.24, 2.45) is 11.7 Å². The van der Waals surface area contributed by atoms with Crippen molar-refractivity contribution in [3.05, 3.63) is 51.8 Å². The molecule has 0 aliphatic carbocycles. The second-order valence-electron chi connectivity index (χ2n) is 5.85. The van der Waals surface area contributed by atoms with Gasteiger partial charge in [-0.05, 0) is 37.9 Å². The second kappa shape index (κ2) is 7.62. The number of rotatable bonds is 6. The summed E-state index contributed by atoms with van der Waals surface area (Å²) in [6.45, 7) is 7.39. The molecule has 23 heavy (non-hydrogen) atoms. The standard InChI is InChI=1S/C17H23ClN4O/c1-11(8-19)9-20-17(23)16-12(2)21-22(13(16)3)10-14-6-4-5-7-15(14)18/h4-7,11H,8-10,19H2,1-3H3,(H,20,23). The molecule has 0 fully saturated rings. The van der Waals surface area contributed by atoms with Crippen LogP contribution in [0.4, 0.5) is 0 Å². The summed E-state index contributed by atoms with van der Waals surface area (Å²) in [6.07, 6.45) is 0. The molecule has 1 atom stereocenters. The van der Waals surface area contributed by atoms with Crippen molar-refractivity contribution in [3.8, 4) is 0 Å². The lowest BCUT2D eigenvalue weighted by atomic mass is 10.1. The maximum Gasteiger partial charge on any atom is 0.255 e. The molecule has 0 saturated carbocycles. The van der Waals surface area contributed by atoms with Gasteiger partial charge in [0.25, 0.3) is 5.91 Å². The zero-order chi connectivity index (χ0) is 17.0. The Labute approximate surface area is 141 Å². The lowest BCUT2D eigenvalue weighted by molar-refractivity contribution is 0.0947. The van der Waals surface area contributed by atoms with Gasteiger partial charge in [-0.2, -0.15) is 5.10 Å². The number of hydrogen-bond donors (Lipinski definition) is 2. The van der Waals surface area contributed by atoms with Gasteiger partial charge in [0.05, 0.1) is 17.8 Å². The summed E-state index contributed by atoms with van der Waals surface area (Å²) in [5.41, 5.74) is 8.73. The van der Waals surface area contributed by atoms with Gasteiger partial charge >= 0.3 is 0 Å². The predicted octanol–water partition coefficient (Wildman–Crippen LogP) is 2.53. The summed E-state index contributed by atoms with van der Waals surface area (Å²) < 4.78 is 1.82. The number of aromatic nitrogens is 2. The number of halogens is 1. The minimum atomic E-state index is -0.106. The smallest absolute Gasteiger partial charge is 0.255 e. The van der Waals surface area contributed by atoms with Gasteiger partial charge in [-0.1, -0.05) is 36.7 Å². The molecule has 1 aromatic heterocycles. The van der Waals surface area contributed by atoms with Crippen LogP contribution in [0.3, 0.4) is 0 Å². The number of nitrogens with two attached hydrogens (primary N) is 1. The SMILES string of the molecule is Cc1nn(Cc2ccccc2Cl)c(C)c1C(=O)NCC(C)CN. The average molecular weight is 335 g/mol. The topological polar surface area (TPSA) is 72.9 Å². The van der Waals surface area contributed by atoms with Gasteiger partial charge in [0.15, 0.2) is 0 Å². The third kappa shape index (κ3) is 4.12. The summed E-state index contributed by atoms with van der Waals surface area (Å²) in [5, 5.41) is 8.11. The summed E-state index contributed by atoms with van der Waals surface area (Å²) in [6, 6.07) is 7.64. The second-order valence-corrected chi connectivity index (χ2v) is 6.25.